The van der Waals surface area contributed by atoms with Gasteiger partial charge < -0.3 is 5.32 Å². The summed E-state index contributed by atoms with van der Waals surface area (Å²) in [5.41, 5.74) is 2.70. The zero-order chi connectivity index (χ0) is 13.0. The summed E-state index contributed by atoms with van der Waals surface area (Å²) < 4.78 is 2.00. The number of aryl methyl sites for hydroxylation is 1. The van der Waals surface area contributed by atoms with Gasteiger partial charge in [-0.25, -0.2) is 0 Å². The van der Waals surface area contributed by atoms with Gasteiger partial charge in [-0.05, 0) is 38.0 Å². The van der Waals surface area contributed by atoms with Crippen LogP contribution >= 0.6 is 0 Å². The molecule has 18 heavy (non-hydrogen) atoms. The van der Waals surface area contributed by atoms with Crippen molar-refractivity contribution in [1.82, 2.24) is 15.1 Å². The van der Waals surface area contributed by atoms with Crippen molar-refractivity contribution in [3.63, 3.8) is 0 Å². The van der Waals surface area contributed by atoms with Gasteiger partial charge in [0.2, 0.25) is 0 Å². The molecule has 0 fully saturated rings. The minimum atomic E-state index is 0.351. The van der Waals surface area contributed by atoms with Gasteiger partial charge in [0.15, 0.2) is 0 Å². The fraction of sp³-hybridized carbons (Fsp3) is 0.400. The number of hydrogen-bond acceptors (Lipinski definition) is 2. The average Bonchev–Trinajstić information content (AvgIpc) is 2.90. The molecule has 0 amide bonds. The van der Waals surface area contributed by atoms with Crippen molar-refractivity contribution < 1.29 is 0 Å². The first-order chi connectivity index (χ1) is 8.68. The summed E-state index contributed by atoms with van der Waals surface area (Å²) in [7, 11) is 0. The largest absolute Gasteiger partial charge is 0.308 e. The number of hydrogen-bond donors (Lipinski definition) is 1. The van der Waals surface area contributed by atoms with Crippen LogP contribution in [0.1, 0.15) is 31.0 Å². The fourth-order valence-electron chi connectivity index (χ4n) is 2.00. The Morgan fingerprint density at radius 3 is 2.67 bits per heavy atom. The molecule has 0 bridgehead atoms. The Balaban J connectivity index is 1.92. The first-order valence-corrected chi connectivity index (χ1v) is 6.45. The van der Waals surface area contributed by atoms with Crippen LogP contribution in [-0.2, 0) is 6.54 Å². The summed E-state index contributed by atoms with van der Waals surface area (Å²) in [6, 6.07) is 11.2. The lowest BCUT2D eigenvalue weighted by Crippen LogP contribution is -2.33. The van der Waals surface area contributed by atoms with E-state index in [4.69, 9.17) is 0 Å². The van der Waals surface area contributed by atoms with Crippen LogP contribution in [0.25, 0.3) is 0 Å². The van der Waals surface area contributed by atoms with E-state index < -0.39 is 0 Å². The lowest BCUT2D eigenvalue weighted by molar-refractivity contribution is 0.365. The van der Waals surface area contributed by atoms with Crippen LogP contribution in [-0.4, -0.2) is 15.8 Å². The van der Waals surface area contributed by atoms with Crippen molar-refractivity contribution in [2.75, 3.05) is 0 Å². The van der Waals surface area contributed by atoms with Crippen LogP contribution < -0.4 is 5.32 Å². The lowest BCUT2D eigenvalue weighted by Gasteiger charge is -2.22. The van der Waals surface area contributed by atoms with E-state index in [1.165, 1.54) is 11.1 Å². The highest BCUT2D eigenvalue weighted by molar-refractivity contribution is 5.25. The van der Waals surface area contributed by atoms with Gasteiger partial charge in [-0.3, -0.25) is 4.68 Å². The molecule has 1 heterocycles. The predicted molar refractivity (Wildman–Crippen MR) is 74.4 cm³/mol. The van der Waals surface area contributed by atoms with Crippen molar-refractivity contribution in [1.29, 1.82) is 0 Å². The van der Waals surface area contributed by atoms with Gasteiger partial charge in [0.1, 0.15) is 0 Å². The fourth-order valence-corrected chi connectivity index (χ4v) is 2.00. The highest BCUT2D eigenvalue weighted by Gasteiger charge is 2.13. The zero-order valence-corrected chi connectivity index (χ0v) is 11.3. The summed E-state index contributed by atoms with van der Waals surface area (Å²) in [5.74, 6) is 0. The van der Waals surface area contributed by atoms with Gasteiger partial charge in [0.25, 0.3) is 0 Å². The number of benzene rings is 1. The maximum atomic E-state index is 4.29. The van der Waals surface area contributed by atoms with E-state index in [0.717, 1.165) is 6.54 Å². The minimum absolute atomic E-state index is 0.351. The third-order valence-corrected chi connectivity index (χ3v) is 3.54. The molecule has 0 aliphatic carbocycles. The Morgan fingerprint density at radius 1 is 1.22 bits per heavy atom. The summed E-state index contributed by atoms with van der Waals surface area (Å²) >= 11 is 0. The first kappa shape index (κ1) is 12.8. The zero-order valence-electron chi connectivity index (χ0n) is 11.3. The maximum Gasteiger partial charge on any atom is 0.0641 e. The summed E-state index contributed by atoms with van der Waals surface area (Å²) in [6.07, 6.45) is 3.83. The van der Waals surface area contributed by atoms with E-state index in [0.29, 0.717) is 12.1 Å². The van der Waals surface area contributed by atoms with Gasteiger partial charge in [-0.15, -0.1) is 0 Å². The summed E-state index contributed by atoms with van der Waals surface area (Å²) in [4.78, 5) is 0. The molecule has 2 rings (SSSR count). The molecule has 0 aliphatic rings. The van der Waals surface area contributed by atoms with Crippen molar-refractivity contribution in [3.8, 4) is 0 Å². The highest BCUT2D eigenvalue weighted by Crippen LogP contribution is 2.11. The van der Waals surface area contributed by atoms with Crippen molar-refractivity contribution in [3.05, 3.63) is 53.9 Å². The molecule has 2 aromatic rings. The number of nitrogens with one attached hydrogen (secondary N) is 1. The molecule has 0 unspecified atom stereocenters. The molecule has 3 heteroatoms. The molecule has 0 saturated heterocycles. The second-order valence-corrected chi connectivity index (χ2v) is 4.82. The van der Waals surface area contributed by atoms with Gasteiger partial charge in [-0.1, -0.05) is 24.3 Å². The monoisotopic (exact) mass is 243 g/mol. The Hall–Kier alpha value is -1.61. The van der Waals surface area contributed by atoms with E-state index in [1.807, 2.05) is 23.1 Å². The number of aromatic nitrogens is 2. The van der Waals surface area contributed by atoms with Gasteiger partial charge in [0.05, 0.1) is 6.04 Å². The van der Waals surface area contributed by atoms with Crippen LogP contribution in [0, 0.1) is 6.92 Å². The molecule has 1 aromatic carbocycles. The van der Waals surface area contributed by atoms with Crippen LogP contribution in [0.5, 0.6) is 0 Å². The molecule has 0 aliphatic heterocycles. The van der Waals surface area contributed by atoms with Gasteiger partial charge in [0, 0.05) is 25.0 Å². The normalized spacial score (nSPS) is 14.4. The second-order valence-electron chi connectivity index (χ2n) is 4.82. The third-order valence-electron chi connectivity index (χ3n) is 3.54. The van der Waals surface area contributed by atoms with Crippen LogP contribution in [0.2, 0.25) is 0 Å². The standard InChI is InChI=1S/C15H21N3/c1-12-7-4-5-8-15(12)11-16-13(2)14(3)18-10-6-9-17-18/h4-10,13-14,16H,11H2,1-3H3/t13-,14+/m0/s1. The molecule has 0 radical (unpaired) electrons. The van der Waals surface area contributed by atoms with Crippen LogP contribution in [0.3, 0.4) is 0 Å². The Labute approximate surface area is 109 Å². The molecule has 1 N–H and O–H groups in total. The number of nitrogens with zero attached hydrogens (tertiary/aromatic N) is 2. The van der Waals surface area contributed by atoms with E-state index in [2.05, 4.69) is 55.5 Å². The molecular weight excluding hydrogens is 222 g/mol. The van der Waals surface area contributed by atoms with Crippen LogP contribution in [0.15, 0.2) is 42.7 Å². The van der Waals surface area contributed by atoms with Crippen LogP contribution in [0.4, 0.5) is 0 Å². The molecule has 3 nitrogen and oxygen atoms in total. The van der Waals surface area contributed by atoms with Gasteiger partial charge >= 0.3 is 0 Å². The predicted octanol–water partition coefficient (Wildman–Crippen LogP) is 2.93. The Bertz CT molecular complexity index is 476. The molecule has 96 valence electrons. The molecular formula is C15H21N3. The quantitative estimate of drug-likeness (QED) is 0.875. The molecule has 2 atom stereocenters. The molecule has 0 spiro atoms. The topological polar surface area (TPSA) is 29.9 Å². The minimum Gasteiger partial charge on any atom is -0.308 e. The van der Waals surface area contributed by atoms with E-state index in [9.17, 15) is 0 Å². The van der Waals surface area contributed by atoms with E-state index in [-0.39, 0.29) is 0 Å². The lowest BCUT2D eigenvalue weighted by atomic mass is 10.1. The Morgan fingerprint density at radius 2 is 2.00 bits per heavy atom. The maximum absolute atomic E-state index is 4.29. The van der Waals surface area contributed by atoms with Crippen molar-refractivity contribution >= 4 is 0 Å². The van der Waals surface area contributed by atoms with Gasteiger partial charge in [-0.2, -0.15) is 5.10 Å². The average molecular weight is 243 g/mol. The first-order valence-electron chi connectivity index (χ1n) is 6.45. The molecule has 1 aromatic heterocycles. The van der Waals surface area contributed by atoms with E-state index >= 15 is 0 Å². The highest BCUT2D eigenvalue weighted by atomic mass is 15.3. The molecule has 0 saturated carbocycles. The van der Waals surface area contributed by atoms with E-state index in [1.54, 1.807) is 0 Å². The van der Waals surface area contributed by atoms with Crippen molar-refractivity contribution in [2.24, 2.45) is 0 Å². The Kier molecular flexibility index (Phi) is 4.15. The summed E-state index contributed by atoms with van der Waals surface area (Å²) in [5, 5.41) is 7.85. The summed E-state index contributed by atoms with van der Waals surface area (Å²) in [6.45, 7) is 7.44. The van der Waals surface area contributed by atoms with Crippen molar-refractivity contribution in [2.45, 2.75) is 39.4 Å². The second kappa shape index (κ2) is 5.83. The number of rotatable bonds is 5. The smallest absolute Gasteiger partial charge is 0.0641 e. The third kappa shape index (κ3) is 2.99. The SMILES string of the molecule is Cc1ccccc1CN[C@@H](C)[C@@H](C)n1cccn1.